The molecule has 1 aromatic carbocycles. The fourth-order valence-corrected chi connectivity index (χ4v) is 3.98. The van der Waals surface area contributed by atoms with E-state index in [2.05, 4.69) is 12.1 Å². The first-order valence-corrected chi connectivity index (χ1v) is 7.05. The summed E-state index contributed by atoms with van der Waals surface area (Å²) >= 11 is 0. The van der Waals surface area contributed by atoms with Crippen LogP contribution in [0.15, 0.2) is 24.3 Å². The highest BCUT2D eigenvalue weighted by Crippen LogP contribution is 2.58. The van der Waals surface area contributed by atoms with Gasteiger partial charge in [-0.25, -0.2) is 0 Å². The van der Waals surface area contributed by atoms with Gasteiger partial charge in [-0.1, -0.05) is 12.1 Å². The third-order valence-electron chi connectivity index (χ3n) is 5.39. The molecule has 0 amide bonds. The van der Waals surface area contributed by atoms with Gasteiger partial charge < -0.3 is 10.5 Å². The molecule has 2 bridgehead atoms. The second-order valence-electron chi connectivity index (χ2n) is 6.17. The van der Waals surface area contributed by atoms with E-state index in [1.54, 1.807) is 0 Å². The van der Waals surface area contributed by atoms with Gasteiger partial charge in [0.1, 0.15) is 0 Å². The van der Waals surface area contributed by atoms with E-state index in [-0.39, 0.29) is 16.8 Å². The van der Waals surface area contributed by atoms with Crippen molar-refractivity contribution < 1.29 is 9.53 Å². The third kappa shape index (κ3) is 1.83. The lowest BCUT2D eigenvalue weighted by molar-refractivity contribution is -0.160. The molecule has 3 nitrogen and oxygen atoms in total. The molecule has 0 aliphatic heterocycles. The topological polar surface area (TPSA) is 52.3 Å². The quantitative estimate of drug-likeness (QED) is 0.656. The van der Waals surface area contributed by atoms with Crippen molar-refractivity contribution in [2.45, 2.75) is 43.9 Å². The molecule has 0 unspecified atom stereocenters. The average Bonchev–Trinajstić information content (AvgIpc) is 2.49. The van der Waals surface area contributed by atoms with Crippen molar-refractivity contribution in [2.24, 2.45) is 5.41 Å². The zero-order valence-electron chi connectivity index (χ0n) is 11.4. The summed E-state index contributed by atoms with van der Waals surface area (Å²) in [4.78, 5) is 12.0. The van der Waals surface area contributed by atoms with Crippen molar-refractivity contribution in [3.05, 3.63) is 29.8 Å². The van der Waals surface area contributed by atoms with Crippen LogP contribution in [0.25, 0.3) is 0 Å². The molecule has 3 aliphatic carbocycles. The Morgan fingerprint density at radius 3 is 2.05 bits per heavy atom. The summed E-state index contributed by atoms with van der Waals surface area (Å²) in [5, 5.41) is 0. The maximum absolute atomic E-state index is 12.0. The van der Waals surface area contributed by atoms with E-state index in [0.29, 0.717) is 0 Å². The summed E-state index contributed by atoms with van der Waals surface area (Å²) in [5.74, 6) is -0.00175. The largest absolute Gasteiger partial charge is 0.469 e. The molecule has 0 heterocycles. The van der Waals surface area contributed by atoms with Gasteiger partial charge in [0.05, 0.1) is 12.5 Å². The van der Waals surface area contributed by atoms with Crippen LogP contribution in [-0.4, -0.2) is 13.1 Å². The van der Waals surface area contributed by atoms with Crippen molar-refractivity contribution in [1.29, 1.82) is 0 Å². The van der Waals surface area contributed by atoms with Crippen LogP contribution in [0.3, 0.4) is 0 Å². The van der Waals surface area contributed by atoms with Gasteiger partial charge in [-0.05, 0) is 61.6 Å². The summed E-state index contributed by atoms with van der Waals surface area (Å²) in [7, 11) is 1.51. The van der Waals surface area contributed by atoms with Crippen molar-refractivity contribution in [3.63, 3.8) is 0 Å². The monoisotopic (exact) mass is 259 g/mol. The number of ether oxygens (including phenoxy) is 1. The summed E-state index contributed by atoms with van der Waals surface area (Å²) in [6.07, 6.45) is 6.15. The van der Waals surface area contributed by atoms with Gasteiger partial charge in [0.25, 0.3) is 0 Å². The minimum atomic E-state index is -0.190. The zero-order chi connectivity index (χ0) is 13.5. The molecule has 1 aromatic rings. The Balaban J connectivity index is 1.85. The van der Waals surface area contributed by atoms with Crippen molar-refractivity contribution in [3.8, 4) is 0 Å². The van der Waals surface area contributed by atoms with E-state index >= 15 is 0 Å². The average molecular weight is 259 g/mol. The maximum atomic E-state index is 12.0. The number of nitrogen functional groups attached to an aromatic ring is 1. The van der Waals surface area contributed by atoms with E-state index in [1.165, 1.54) is 12.7 Å². The highest BCUT2D eigenvalue weighted by Gasteiger charge is 2.53. The predicted octanol–water partition coefficient (Wildman–Crippen LogP) is 3.03. The molecule has 0 atom stereocenters. The predicted molar refractivity (Wildman–Crippen MR) is 74.7 cm³/mol. The number of esters is 1. The van der Waals surface area contributed by atoms with Crippen LogP contribution >= 0.6 is 0 Å². The number of methoxy groups -OCH3 is 1. The van der Waals surface area contributed by atoms with Gasteiger partial charge in [0.15, 0.2) is 0 Å². The summed E-state index contributed by atoms with van der Waals surface area (Å²) in [6, 6.07) is 8.29. The van der Waals surface area contributed by atoms with Crippen LogP contribution in [0.2, 0.25) is 0 Å². The third-order valence-corrected chi connectivity index (χ3v) is 5.39. The molecule has 3 saturated carbocycles. The Labute approximate surface area is 114 Å². The standard InChI is InChI=1S/C16H21NO2/c1-19-14(18)16-9-6-15(7-10-16,8-11-16)12-2-4-13(17)5-3-12/h2-5H,6-11,17H2,1H3. The molecule has 4 rings (SSSR count). The van der Waals surface area contributed by atoms with Gasteiger partial charge in [0.2, 0.25) is 0 Å². The molecular formula is C16H21NO2. The fourth-order valence-electron chi connectivity index (χ4n) is 3.98. The van der Waals surface area contributed by atoms with Crippen molar-refractivity contribution in [2.75, 3.05) is 12.8 Å². The Kier molecular flexibility index (Phi) is 2.80. The Morgan fingerprint density at radius 2 is 1.58 bits per heavy atom. The van der Waals surface area contributed by atoms with Crippen LogP contribution < -0.4 is 5.73 Å². The number of benzene rings is 1. The minimum absolute atomic E-state index is 0.00175. The number of carbonyl (C=O) groups excluding carboxylic acids is 1. The smallest absolute Gasteiger partial charge is 0.311 e. The molecule has 102 valence electrons. The maximum Gasteiger partial charge on any atom is 0.311 e. The number of carbonyl (C=O) groups is 1. The first-order chi connectivity index (χ1) is 9.10. The highest BCUT2D eigenvalue weighted by atomic mass is 16.5. The Hall–Kier alpha value is -1.51. The van der Waals surface area contributed by atoms with Gasteiger partial charge in [-0.2, -0.15) is 0 Å². The molecule has 3 heteroatoms. The molecule has 0 radical (unpaired) electrons. The molecule has 3 fully saturated rings. The van der Waals surface area contributed by atoms with Gasteiger partial charge >= 0.3 is 5.97 Å². The molecule has 0 saturated heterocycles. The van der Waals surface area contributed by atoms with E-state index < -0.39 is 0 Å². The van der Waals surface area contributed by atoms with Crippen LogP contribution in [0.5, 0.6) is 0 Å². The Bertz CT molecular complexity index is 467. The zero-order valence-corrected chi connectivity index (χ0v) is 11.4. The number of fused-ring (bicyclic) bond motifs is 3. The molecule has 0 spiro atoms. The number of nitrogens with two attached hydrogens (primary N) is 1. The number of hydrogen-bond donors (Lipinski definition) is 1. The number of hydrogen-bond acceptors (Lipinski definition) is 3. The highest BCUT2D eigenvalue weighted by molar-refractivity contribution is 5.77. The fraction of sp³-hybridized carbons (Fsp3) is 0.562. The molecular weight excluding hydrogens is 238 g/mol. The van der Waals surface area contributed by atoms with Crippen molar-refractivity contribution >= 4 is 11.7 Å². The van der Waals surface area contributed by atoms with Crippen LogP contribution in [-0.2, 0) is 14.9 Å². The summed E-state index contributed by atoms with van der Waals surface area (Å²) < 4.78 is 5.01. The normalized spacial score (nSPS) is 33.1. The Morgan fingerprint density at radius 1 is 1.05 bits per heavy atom. The van der Waals surface area contributed by atoms with E-state index in [9.17, 15) is 4.79 Å². The number of anilines is 1. The van der Waals surface area contributed by atoms with Crippen LogP contribution in [0.4, 0.5) is 5.69 Å². The second-order valence-corrected chi connectivity index (χ2v) is 6.17. The van der Waals surface area contributed by atoms with E-state index in [0.717, 1.165) is 44.2 Å². The van der Waals surface area contributed by atoms with Gasteiger partial charge in [-0.15, -0.1) is 0 Å². The van der Waals surface area contributed by atoms with E-state index in [1.807, 2.05) is 12.1 Å². The van der Waals surface area contributed by atoms with E-state index in [4.69, 9.17) is 10.5 Å². The molecule has 19 heavy (non-hydrogen) atoms. The molecule has 2 N–H and O–H groups in total. The first kappa shape index (κ1) is 12.5. The molecule has 0 aromatic heterocycles. The second kappa shape index (κ2) is 4.26. The number of rotatable bonds is 2. The lowest BCUT2D eigenvalue weighted by Gasteiger charge is -2.52. The molecule has 3 aliphatic rings. The van der Waals surface area contributed by atoms with Crippen LogP contribution in [0.1, 0.15) is 44.1 Å². The van der Waals surface area contributed by atoms with Crippen molar-refractivity contribution in [1.82, 2.24) is 0 Å². The summed E-state index contributed by atoms with van der Waals surface area (Å²) in [6.45, 7) is 0. The van der Waals surface area contributed by atoms with Crippen LogP contribution in [0, 0.1) is 5.41 Å². The lowest BCUT2D eigenvalue weighted by Crippen LogP contribution is -2.48. The summed E-state index contributed by atoms with van der Waals surface area (Å²) in [5.41, 5.74) is 8.05. The first-order valence-electron chi connectivity index (χ1n) is 7.05. The SMILES string of the molecule is COC(=O)C12CCC(c3ccc(N)cc3)(CC1)CC2. The van der Waals surface area contributed by atoms with Gasteiger partial charge in [0, 0.05) is 5.69 Å². The minimum Gasteiger partial charge on any atom is -0.469 e. The lowest BCUT2D eigenvalue weighted by atomic mass is 9.52. The van der Waals surface area contributed by atoms with Gasteiger partial charge in [-0.3, -0.25) is 4.79 Å².